The maximum atomic E-state index is 6.27. The van der Waals surface area contributed by atoms with E-state index in [1.807, 2.05) is 24.3 Å². The number of hydrogen-bond donors (Lipinski definition) is 1. The van der Waals surface area contributed by atoms with Crippen molar-refractivity contribution in [3.63, 3.8) is 0 Å². The fourth-order valence-electron chi connectivity index (χ4n) is 1.71. The molecular weight excluding hydrogens is 253 g/mol. The molecule has 1 N–H and O–H groups in total. The van der Waals surface area contributed by atoms with E-state index in [1.165, 1.54) is 5.56 Å². The molecular formula is C14H21Cl2N. The van der Waals surface area contributed by atoms with Gasteiger partial charge in [-0.1, -0.05) is 44.5 Å². The summed E-state index contributed by atoms with van der Waals surface area (Å²) in [6, 6.07) is 7.88. The van der Waals surface area contributed by atoms with Crippen LogP contribution >= 0.6 is 23.2 Å². The Labute approximate surface area is 115 Å². The average molecular weight is 274 g/mol. The molecule has 1 nitrogen and oxygen atoms in total. The van der Waals surface area contributed by atoms with Crippen LogP contribution in [-0.4, -0.2) is 11.9 Å². The monoisotopic (exact) mass is 273 g/mol. The molecule has 1 unspecified atom stereocenters. The fourth-order valence-corrected chi connectivity index (χ4v) is 2.41. The highest BCUT2D eigenvalue weighted by Gasteiger charge is 2.16. The van der Waals surface area contributed by atoms with Crippen LogP contribution in [0.4, 0.5) is 0 Å². The van der Waals surface area contributed by atoms with Gasteiger partial charge in [-0.25, -0.2) is 0 Å². The first-order chi connectivity index (χ1) is 7.87. The maximum absolute atomic E-state index is 6.27. The van der Waals surface area contributed by atoms with E-state index in [1.54, 1.807) is 0 Å². The Morgan fingerprint density at radius 2 is 1.76 bits per heavy atom. The molecule has 0 heterocycles. The molecule has 0 aliphatic heterocycles. The number of hydrogen-bond acceptors (Lipinski definition) is 1. The van der Waals surface area contributed by atoms with Crippen LogP contribution in [-0.2, 0) is 6.54 Å². The van der Waals surface area contributed by atoms with E-state index in [4.69, 9.17) is 23.2 Å². The van der Waals surface area contributed by atoms with Gasteiger partial charge in [0, 0.05) is 23.5 Å². The summed E-state index contributed by atoms with van der Waals surface area (Å²) in [5.41, 5.74) is 1.52. The summed E-state index contributed by atoms with van der Waals surface area (Å²) in [5, 5.41) is 4.33. The van der Waals surface area contributed by atoms with Gasteiger partial charge in [-0.2, -0.15) is 0 Å². The van der Waals surface area contributed by atoms with E-state index in [0.717, 1.165) is 24.5 Å². The van der Waals surface area contributed by atoms with Crippen LogP contribution in [0, 0.1) is 5.41 Å². The van der Waals surface area contributed by atoms with E-state index in [-0.39, 0.29) is 10.8 Å². The van der Waals surface area contributed by atoms with Crippen molar-refractivity contribution in [2.24, 2.45) is 5.41 Å². The van der Waals surface area contributed by atoms with Crippen molar-refractivity contribution in [2.75, 3.05) is 6.54 Å². The van der Waals surface area contributed by atoms with Gasteiger partial charge in [-0.05, 0) is 29.5 Å². The number of alkyl halides is 1. The molecule has 0 saturated heterocycles. The molecule has 96 valence electrons. The number of rotatable bonds is 5. The third-order valence-corrected chi connectivity index (χ3v) is 3.00. The third kappa shape index (κ3) is 6.92. The maximum Gasteiger partial charge on any atom is 0.0465 e. The van der Waals surface area contributed by atoms with Crippen molar-refractivity contribution < 1.29 is 0 Å². The van der Waals surface area contributed by atoms with E-state index in [2.05, 4.69) is 26.1 Å². The number of nitrogens with one attached hydrogen (secondary N) is 1. The zero-order valence-electron chi connectivity index (χ0n) is 10.8. The van der Waals surface area contributed by atoms with Gasteiger partial charge in [0.05, 0.1) is 0 Å². The van der Waals surface area contributed by atoms with Crippen LogP contribution in [0.2, 0.25) is 5.02 Å². The Morgan fingerprint density at radius 1 is 1.18 bits per heavy atom. The van der Waals surface area contributed by atoms with Crippen LogP contribution in [0.5, 0.6) is 0 Å². The second kappa shape index (κ2) is 6.63. The van der Waals surface area contributed by atoms with Gasteiger partial charge in [-0.15, -0.1) is 11.6 Å². The first kappa shape index (κ1) is 14.8. The Kier molecular flexibility index (Phi) is 5.78. The largest absolute Gasteiger partial charge is 0.311 e. The normalized spacial score (nSPS) is 13.7. The van der Waals surface area contributed by atoms with Crippen molar-refractivity contribution in [3.05, 3.63) is 34.9 Å². The summed E-state index contributed by atoms with van der Waals surface area (Å²) in [7, 11) is 0. The molecule has 0 amide bonds. The molecule has 0 aromatic heterocycles. The van der Waals surface area contributed by atoms with Gasteiger partial charge in [0.1, 0.15) is 0 Å². The van der Waals surface area contributed by atoms with Gasteiger partial charge in [0.25, 0.3) is 0 Å². The number of benzene rings is 1. The minimum atomic E-state index is 0.183. The van der Waals surface area contributed by atoms with Gasteiger partial charge < -0.3 is 5.32 Å². The van der Waals surface area contributed by atoms with Crippen LogP contribution in [0.25, 0.3) is 0 Å². The third-order valence-electron chi connectivity index (χ3n) is 2.44. The Morgan fingerprint density at radius 3 is 2.29 bits per heavy atom. The van der Waals surface area contributed by atoms with Crippen molar-refractivity contribution in [2.45, 2.75) is 39.1 Å². The summed E-state index contributed by atoms with van der Waals surface area (Å²) in [4.78, 5) is 0. The molecule has 1 rings (SSSR count). The van der Waals surface area contributed by atoms with Crippen LogP contribution in [0.1, 0.15) is 32.8 Å². The van der Waals surface area contributed by atoms with E-state index < -0.39 is 0 Å². The summed E-state index contributed by atoms with van der Waals surface area (Å²) in [6.45, 7) is 8.30. The van der Waals surface area contributed by atoms with E-state index >= 15 is 0 Å². The predicted molar refractivity (Wildman–Crippen MR) is 76.9 cm³/mol. The predicted octanol–water partition coefficient (Wildman–Crippen LogP) is 4.47. The lowest BCUT2D eigenvalue weighted by atomic mass is 9.90. The SMILES string of the molecule is CC(C)(C)CC(Cl)CNCc1ccc(Cl)cc1. The zero-order chi connectivity index (χ0) is 12.9. The first-order valence-corrected chi connectivity index (χ1v) is 6.77. The molecule has 0 aliphatic carbocycles. The lowest BCUT2D eigenvalue weighted by Gasteiger charge is -2.22. The zero-order valence-corrected chi connectivity index (χ0v) is 12.3. The molecule has 0 fully saturated rings. The topological polar surface area (TPSA) is 12.0 Å². The van der Waals surface area contributed by atoms with Crippen molar-refractivity contribution >= 4 is 23.2 Å². The molecule has 3 heteroatoms. The molecule has 1 atom stereocenters. The van der Waals surface area contributed by atoms with Gasteiger partial charge in [-0.3, -0.25) is 0 Å². The van der Waals surface area contributed by atoms with E-state index in [9.17, 15) is 0 Å². The summed E-state index contributed by atoms with van der Waals surface area (Å²) < 4.78 is 0. The Bertz CT molecular complexity index is 327. The van der Waals surface area contributed by atoms with Gasteiger partial charge in [0.15, 0.2) is 0 Å². The van der Waals surface area contributed by atoms with Crippen LogP contribution in [0.15, 0.2) is 24.3 Å². The van der Waals surface area contributed by atoms with Crippen molar-refractivity contribution in [1.29, 1.82) is 0 Å². The highest BCUT2D eigenvalue weighted by atomic mass is 35.5. The highest BCUT2D eigenvalue weighted by molar-refractivity contribution is 6.30. The Balaban J connectivity index is 2.26. The minimum Gasteiger partial charge on any atom is -0.311 e. The van der Waals surface area contributed by atoms with Gasteiger partial charge >= 0.3 is 0 Å². The van der Waals surface area contributed by atoms with Crippen LogP contribution < -0.4 is 5.32 Å². The summed E-state index contributed by atoms with van der Waals surface area (Å²) >= 11 is 12.1. The Hall–Kier alpha value is -0.240. The van der Waals surface area contributed by atoms with Crippen molar-refractivity contribution in [1.82, 2.24) is 5.32 Å². The molecule has 0 radical (unpaired) electrons. The standard InChI is InChI=1S/C14H21Cl2N/c1-14(2,3)8-13(16)10-17-9-11-4-6-12(15)7-5-11/h4-7,13,17H,8-10H2,1-3H3. The highest BCUT2D eigenvalue weighted by Crippen LogP contribution is 2.23. The summed E-state index contributed by atoms with van der Waals surface area (Å²) in [6.07, 6.45) is 1.02. The number of halogens is 2. The average Bonchev–Trinajstić information content (AvgIpc) is 2.18. The minimum absolute atomic E-state index is 0.183. The molecule has 1 aromatic rings. The van der Waals surface area contributed by atoms with E-state index in [0.29, 0.717) is 0 Å². The van der Waals surface area contributed by atoms with Crippen molar-refractivity contribution in [3.8, 4) is 0 Å². The molecule has 0 bridgehead atoms. The lowest BCUT2D eigenvalue weighted by Crippen LogP contribution is -2.26. The first-order valence-electron chi connectivity index (χ1n) is 5.96. The smallest absolute Gasteiger partial charge is 0.0465 e. The molecule has 0 spiro atoms. The second-order valence-corrected chi connectivity index (χ2v) is 6.67. The summed E-state index contributed by atoms with van der Waals surface area (Å²) in [5.74, 6) is 0. The van der Waals surface area contributed by atoms with Gasteiger partial charge in [0.2, 0.25) is 0 Å². The molecule has 17 heavy (non-hydrogen) atoms. The fraction of sp³-hybridized carbons (Fsp3) is 0.571. The molecule has 1 aromatic carbocycles. The van der Waals surface area contributed by atoms with Crippen LogP contribution in [0.3, 0.4) is 0 Å². The molecule has 0 saturated carbocycles. The second-order valence-electron chi connectivity index (χ2n) is 5.62. The quantitative estimate of drug-likeness (QED) is 0.781. The lowest BCUT2D eigenvalue weighted by molar-refractivity contribution is 0.364. The molecule has 0 aliphatic rings.